The summed E-state index contributed by atoms with van der Waals surface area (Å²) in [5.41, 5.74) is 8.06. The highest BCUT2D eigenvalue weighted by atomic mass is 16.5. The fourth-order valence-corrected chi connectivity index (χ4v) is 1.75. The largest absolute Gasteiger partial charge is 0.478 e. The Balaban J connectivity index is 1.74. The van der Waals surface area contributed by atoms with E-state index in [1.807, 2.05) is 43.6 Å². The van der Waals surface area contributed by atoms with Gasteiger partial charge in [0.25, 0.3) is 0 Å². The van der Waals surface area contributed by atoms with Crippen LogP contribution in [0.1, 0.15) is 30.5 Å². The van der Waals surface area contributed by atoms with Crippen LogP contribution in [0.25, 0.3) is 0 Å². The standard InChI is InChI=1S/C15H19N3O/c1-12(16)14-4-5-15(18-11-14)19-10-2-3-13-6-8-17-9-7-13/h4-9,11-12H,2-3,10,16H2,1H3/t12-/m1/s1. The quantitative estimate of drug-likeness (QED) is 0.808. The van der Waals surface area contributed by atoms with Crippen molar-refractivity contribution in [2.45, 2.75) is 25.8 Å². The van der Waals surface area contributed by atoms with Crippen LogP contribution in [0.15, 0.2) is 42.9 Å². The predicted octanol–water partition coefficient (Wildman–Crippen LogP) is 2.51. The van der Waals surface area contributed by atoms with E-state index >= 15 is 0 Å². The zero-order valence-corrected chi connectivity index (χ0v) is 11.1. The third-order valence-corrected chi connectivity index (χ3v) is 2.89. The predicted molar refractivity (Wildman–Crippen MR) is 74.9 cm³/mol. The third kappa shape index (κ3) is 4.34. The van der Waals surface area contributed by atoms with Crippen molar-refractivity contribution in [3.8, 4) is 5.88 Å². The smallest absolute Gasteiger partial charge is 0.213 e. The summed E-state index contributed by atoms with van der Waals surface area (Å²) in [5, 5.41) is 0. The van der Waals surface area contributed by atoms with E-state index < -0.39 is 0 Å². The van der Waals surface area contributed by atoms with Crippen LogP contribution in [0.5, 0.6) is 5.88 Å². The highest BCUT2D eigenvalue weighted by Crippen LogP contribution is 2.12. The Hall–Kier alpha value is -1.94. The fourth-order valence-electron chi connectivity index (χ4n) is 1.75. The SMILES string of the molecule is C[C@@H](N)c1ccc(OCCCc2ccncc2)nc1. The number of ether oxygens (including phenoxy) is 1. The molecule has 0 radical (unpaired) electrons. The molecule has 0 amide bonds. The van der Waals surface area contributed by atoms with Crippen molar-refractivity contribution in [3.63, 3.8) is 0 Å². The van der Waals surface area contributed by atoms with Gasteiger partial charge in [0.1, 0.15) is 0 Å². The summed E-state index contributed by atoms with van der Waals surface area (Å²) in [7, 11) is 0. The minimum Gasteiger partial charge on any atom is -0.478 e. The molecule has 4 heteroatoms. The van der Waals surface area contributed by atoms with Crippen molar-refractivity contribution in [2.24, 2.45) is 5.73 Å². The molecule has 4 nitrogen and oxygen atoms in total. The van der Waals surface area contributed by atoms with E-state index in [4.69, 9.17) is 10.5 Å². The summed E-state index contributed by atoms with van der Waals surface area (Å²) in [4.78, 5) is 8.22. The monoisotopic (exact) mass is 257 g/mol. The normalized spacial score (nSPS) is 12.1. The van der Waals surface area contributed by atoms with Crippen molar-refractivity contribution in [1.29, 1.82) is 0 Å². The van der Waals surface area contributed by atoms with Crippen LogP contribution in [0.3, 0.4) is 0 Å². The summed E-state index contributed by atoms with van der Waals surface area (Å²) < 4.78 is 5.59. The molecule has 2 heterocycles. The highest BCUT2D eigenvalue weighted by Gasteiger charge is 2.01. The first-order valence-electron chi connectivity index (χ1n) is 6.49. The lowest BCUT2D eigenvalue weighted by molar-refractivity contribution is 0.299. The number of nitrogens with zero attached hydrogens (tertiary/aromatic N) is 2. The molecule has 0 aliphatic heterocycles. The van der Waals surface area contributed by atoms with E-state index in [0.29, 0.717) is 12.5 Å². The van der Waals surface area contributed by atoms with Gasteiger partial charge in [0.05, 0.1) is 6.61 Å². The van der Waals surface area contributed by atoms with Gasteiger partial charge >= 0.3 is 0 Å². The van der Waals surface area contributed by atoms with E-state index in [0.717, 1.165) is 18.4 Å². The van der Waals surface area contributed by atoms with Crippen molar-refractivity contribution in [1.82, 2.24) is 9.97 Å². The Morgan fingerprint density at radius 1 is 1.21 bits per heavy atom. The lowest BCUT2D eigenvalue weighted by Gasteiger charge is -2.08. The average Bonchev–Trinajstić information content (AvgIpc) is 2.45. The van der Waals surface area contributed by atoms with Crippen LogP contribution >= 0.6 is 0 Å². The number of pyridine rings is 2. The number of hydrogen-bond acceptors (Lipinski definition) is 4. The molecule has 0 saturated carbocycles. The second-order valence-corrected chi connectivity index (χ2v) is 4.53. The van der Waals surface area contributed by atoms with Crippen LogP contribution in [0.4, 0.5) is 0 Å². The molecule has 1 atom stereocenters. The molecular formula is C15H19N3O. The average molecular weight is 257 g/mol. The third-order valence-electron chi connectivity index (χ3n) is 2.89. The van der Waals surface area contributed by atoms with E-state index in [9.17, 15) is 0 Å². The molecule has 100 valence electrons. The molecule has 2 aromatic heterocycles. The molecule has 0 saturated heterocycles. The minimum atomic E-state index is 0.00763. The van der Waals surface area contributed by atoms with Crippen molar-refractivity contribution in [2.75, 3.05) is 6.61 Å². The van der Waals surface area contributed by atoms with Crippen molar-refractivity contribution >= 4 is 0 Å². The van der Waals surface area contributed by atoms with Crippen LogP contribution in [-0.2, 0) is 6.42 Å². The van der Waals surface area contributed by atoms with Gasteiger partial charge in [-0.3, -0.25) is 4.98 Å². The fraction of sp³-hybridized carbons (Fsp3) is 0.333. The molecule has 0 aromatic carbocycles. The Morgan fingerprint density at radius 3 is 2.63 bits per heavy atom. The number of rotatable bonds is 6. The van der Waals surface area contributed by atoms with Gasteiger partial charge in [0.15, 0.2) is 0 Å². The Bertz CT molecular complexity index is 483. The maximum absolute atomic E-state index is 5.76. The molecule has 0 aliphatic carbocycles. The minimum absolute atomic E-state index is 0.00763. The van der Waals surface area contributed by atoms with Gasteiger partial charge < -0.3 is 10.5 Å². The van der Waals surface area contributed by atoms with Gasteiger partial charge in [-0.15, -0.1) is 0 Å². The van der Waals surface area contributed by atoms with Gasteiger partial charge in [-0.1, -0.05) is 6.07 Å². The molecule has 0 bridgehead atoms. The van der Waals surface area contributed by atoms with Gasteiger partial charge in [-0.2, -0.15) is 0 Å². The maximum Gasteiger partial charge on any atom is 0.213 e. The molecule has 0 spiro atoms. The zero-order valence-electron chi connectivity index (χ0n) is 11.1. The molecule has 0 unspecified atom stereocenters. The van der Waals surface area contributed by atoms with Crippen LogP contribution in [0.2, 0.25) is 0 Å². The molecular weight excluding hydrogens is 238 g/mol. The summed E-state index contributed by atoms with van der Waals surface area (Å²) in [5.74, 6) is 0.652. The van der Waals surface area contributed by atoms with Crippen molar-refractivity contribution < 1.29 is 4.74 Å². The first-order valence-corrected chi connectivity index (χ1v) is 6.49. The summed E-state index contributed by atoms with van der Waals surface area (Å²) in [6.07, 6.45) is 7.33. The lowest BCUT2D eigenvalue weighted by atomic mass is 10.1. The summed E-state index contributed by atoms with van der Waals surface area (Å²) in [6.45, 7) is 2.60. The highest BCUT2D eigenvalue weighted by molar-refractivity contribution is 5.20. The Morgan fingerprint density at radius 2 is 2.00 bits per heavy atom. The zero-order chi connectivity index (χ0) is 13.5. The van der Waals surface area contributed by atoms with E-state index in [1.165, 1.54) is 5.56 Å². The first kappa shape index (κ1) is 13.5. The molecule has 2 N–H and O–H groups in total. The van der Waals surface area contributed by atoms with Crippen molar-refractivity contribution in [3.05, 3.63) is 54.0 Å². The molecule has 0 fully saturated rings. The Labute approximate surface area is 113 Å². The van der Waals surface area contributed by atoms with Crippen LogP contribution in [-0.4, -0.2) is 16.6 Å². The van der Waals surface area contributed by atoms with Crippen LogP contribution < -0.4 is 10.5 Å². The first-order chi connectivity index (χ1) is 9.25. The molecule has 2 aromatic rings. The summed E-state index contributed by atoms with van der Waals surface area (Å²) >= 11 is 0. The molecule has 2 rings (SSSR count). The number of aromatic nitrogens is 2. The van der Waals surface area contributed by atoms with E-state index in [2.05, 4.69) is 9.97 Å². The van der Waals surface area contributed by atoms with Gasteiger partial charge in [0, 0.05) is 30.7 Å². The topological polar surface area (TPSA) is 61.0 Å². The Kier molecular flexibility index (Phi) is 4.86. The lowest BCUT2D eigenvalue weighted by Crippen LogP contribution is -2.06. The van der Waals surface area contributed by atoms with Gasteiger partial charge in [0.2, 0.25) is 5.88 Å². The molecule has 19 heavy (non-hydrogen) atoms. The number of nitrogens with two attached hydrogens (primary N) is 1. The number of hydrogen-bond donors (Lipinski definition) is 1. The maximum atomic E-state index is 5.76. The van der Waals surface area contributed by atoms with E-state index in [1.54, 1.807) is 6.20 Å². The van der Waals surface area contributed by atoms with Gasteiger partial charge in [-0.05, 0) is 43.0 Å². The molecule has 0 aliphatic rings. The summed E-state index contributed by atoms with van der Waals surface area (Å²) in [6, 6.07) is 7.88. The number of aryl methyl sites for hydroxylation is 1. The second kappa shape index (κ2) is 6.85. The van der Waals surface area contributed by atoms with Gasteiger partial charge in [-0.25, -0.2) is 4.98 Å². The second-order valence-electron chi connectivity index (χ2n) is 4.53. The van der Waals surface area contributed by atoms with E-state index in [-0.39, 0.29) is 6.04 Å². The van der Waals surface area contributed by atoms with Crippen LogP contribution in [0, 0.1) is 0 Å².